The predicted molar refractivity (Wildman–Crippen MR) is 98.5 cm³/mol. The molecule has 5 heteroatoms. The number of aryl methyl sites for hydroxylation is 1. The van der Waals surface area contributed by atoms with Gasteiger partial charge in [-0.05, 0) is 48.3 Å². The Bertz CT molecular complexity index is 796. The molecule has 2 aromatic rings. The standard InChI is InChI=1S/C19H25N3OS/c1-19(2,3)11-7-8-12-14(10-11)24-18-15(12)17(23)20-16(21-18)13-6-5-9-22(13)4/h5-6,9,11,16,21H,7-8,10H2,1-4H3,(H,20,23)/t11-,16+/m0/s1. The SMILES string of the molecule is Cn1cccc1[C@@H]1NC(=O)c2c(sc3c2CC[C@H](C(C)(C)C)C3)N1. The zero-order valence-electron chi connectivity index (χ0n) is 14.8. The smallest absolute Gasteiger partial charge is 0.256 e. The Morgan fingerprint density at radius 3 is 2.75 bits per heavy atom. The number of nitrogens with one attached hydrogen (secondary N) is 2. The molecular formula is C19H25N3OS. The summed E-state index contributed by atoms with van der Waals surface area (Å²) in [6.07, 6.45) is 5.15. The van der Waals surface area contributed by atoms with Gasteiger partial charge in [-0.15, -0.1) is 11.3 Å². The third-order valence-electron chi connectivity index (χ3n) is 5.55. The Kier molecular flexibility index (Phi) is 3.53. The number of hydrogen-bond acceptors (Lipinski definition) is 3. The number of rotatable bonds is 1. The molecule has 3 heterocycles. The van der Waals surface area contributed by atoms with Crippen molar-refractivity contribution in [2.45, 2.75) is 46.2 Å². The number of fused-ring (bicyclic) bond motifs is 3. The molecule has 0 saturated carbocycles. The van der Waals surface area contributed by atoms with E-state index >= 15 is 0 Å². The van der Waals surface area contributed by atoms with Gasteiger partial charge in [0, 0.05) is 18.1 Å². The first kappa shape index (κ1) is 15.8. The number of carbonyl (C=O) groups excluding carboxylic acids is 1. The monoisotopic (exact) mass is 343 g/mol. The molecule has 2 atom stereocenters. The fourth-order valence-corrected chi connectivity index (χ4v) is 5.31. The summed E-state index contributed by atoms with van der Waals surface area (Å²) in [7, 11) is 2.01. The van der Waals surface area contributed by atoms with E-state index in [2.05, 4.69) is 31.4 Å². The third-order valence-corrected chi connectivity index (χ3v) is 6.73. The number of amides is 1. The molecule has 0 fully saturated rings. The van der Waals surface area contributed by atoms with E-state index < -0.39 is 0 Å². The number of hydrogen-bond donors (Lipinski definition) is 2. The van der Waals surface area contributed by atoms with Crippen LogP contribution in [0.3, 0.4) is 0 Å². The lowest BCUT2D eigenvalue weighted by Crippen LogP contribution is -2.39. The summed E-state index contributed by atoms with van der Waals surface area (Å²) in [4.78, 5) is 14.2. The van der Waals surface area contributed by atoms with Crippen molar-refractivity contribution in [2.75, 3.05) is 5.32 Å². The lowest BCUT2D eigenvalue weighted by molar-refractivity contribution is 0.0933. The van der Waals surface area contributed by atoms with E-state index in [4.69, 9.17) is 0 Å². The van der Waals surface area contributed by atoms with E-state index in [1.807, 2.05) is 29.9 Å². The highest BCUT2D eigenvalue weighted by molar-refractivity contribution is 7.16. The van der Waals surface area contributed by atoms with Crippen molar-refractivity contribution in [3.63, 3.8) is 0 Å². The average Bonchev–Trinajstić information content (AvgIpc) is 3.08. The summed E-state index contributed by atoms with van der Waals surface area (Å²) in [5.74, 6) is 0.762. The third kappa shape index (κ3) is 2.46. The fraction of sp³-hybridized carbons (Fsp3) is 0.526. The molecular weight excluding hydrogens is 318 g/mol. The van der Waals surface area contributed by atoms with Crippen LogP contribution in [0.5, 0.6) is 0 Å². The van der Waals surface area contributed by atoms with Crippen LogP contribution in [0.15, 0.2) is 18.3 Å². The molecule has 1 aliphatic heterocycles. The van der Waals surface area contributed by atoms with Gasteiger partial charge in [0.2, 0.25) is 0 Å². The van der Waals surface area contributed by atoms with Gasteiger partial charge in [0.25, 0.3) is 5.91 Å². The molecule has 1 amide bonds. The van der Waals surface area contributed by atoms with E-state index in [1.54, 1.807) is 11.3 Å². The number of nitrogens with zero attached hydrogens (tertiary/aromatic N) is 1. The Labute approximate surface area is 147 Å². The quantitative estimate of drug-likeness (QED) is 0.819. The van der Waals surface area contributed by atoms with Gasteiger partial charge < -0.3 is 15.2 Å². The number of carbonyl (C=O) groups is 1. The summed E-state index contributed by atoms with van der Waals surface area (Å²) < 4.78 is 2.05. The van der Waals surface area contributed by atoms with Crippen molar-refractivity contribution < 1.29 is 4.79 Å². The second kappa shape index (κ2) is 5.38. The summed E-state index contributed by atoms with van der Waals surface area (Å²) in [5.41, 5.74) is 3.58. The summed E-state index contributed by atoms with van der Waals surface area (Å²) >= 11 is 1.79. The molecule has 0 saturated heterocycles. The molecule has 128 valence electrons. The Morgan fingerprint density at radius 2 is 2.08 bits per heavy atom. The minimum absolute atomic E-state index is 0.0710. The Balaban J connectivity index is 1.67. The summed E-state index contributed by atoms with van der Waals surface area (Å²) in [6.45, 7) is 6.98. The Morgan fingerprint density at radius 1 is 1.29 bits per heavy atom. The lowest BCUT2D eigenvalue weighted by atomic mass is 9.72. The van der Waals surface area contributed by atoms with E-state index in [0.717, 1.165) is 29.1 Å². The van der Waals surface area contributed by atoms with Crippen LogP contribution in [0, 0.1) is 11.3 Å². The molecule has 0 aromatic carbocycles. The second-order valence-electron chi connectivity index (χ2n) is 8.11. The highest BCUT2D eigenvalue weighted by Gasteiger charge is 2.36. The molecule has 0 unspecified atom stereocenters. The van der Waals surface area contributed by atoms with Crippen molar-refractivity contribution in [2.24, 2.45) is 18.4 Å². The van der Waals surface area contributed by atoms with Crippen LogP contribution in [-0.4, -0.2) is 10.5 Å². The average molecular weight is 343 g/mol. The maximum atomic E-state index is 12.8. The van der Waals surface area contributed by atoms with Crippen LogP contribution >= 0.6 is 11.3 Å². The van der Waals surface area contributed by atoms with Gasteiger partial charge in [0.1, 0.15) is 11.2 Å². The lowest BCUT2D eigenvalue weighted by Gasteiger charge is -2.34. The molecule has 0 spiro atoms. The number of thiophene rings is 1. The fourth-order valence-electron chi connectivity index (χ4n) is 3.96. The summed E-state index contributed by atoms with van der Waals surface area (Å²) in [6, 6.07) is 4.05. The number of anilines is 1. The largest absolute Gasteiger partial charge is 0.351 e. The van der Waals surface area contributed by atoms with E-state index in [0.29, 0.717) is 11.3 Å². The first-order chi connectivity index (χ1) is 11.3. The van der Waals surface area contributed by atoms with Crippen LogP contribution in [0.2, 0.25) is 0 Å². The van der Waals surface area contributed by atoms with E-state index in [1.165, 1.54) is 16.9 Å². The minimum Gasteiger partial charge on any atom is -0.351 e. The van der Waals surface area contributed by atoms with Gasteiger partial charge in [-0.1, -0.05) is 20.8 Å². The molecule has 4 nitrogen and oxygen atoms in total. The van der Waals surface area contributed by atoms with Crippen molar-refractivity contribution in [3.8, 4) is 0 Å². The zero-order valence-corrected chi connectivity index (χ0v) is 15.6. The summed E-state index contributed by atoms with van der Waals surface area (Å²) in [5, 5.41) is 7.72. The molecule has 2 aromatic heterocycles. The van der Waals surface area contributed by atoms with E-state index in [-0.39, 0.29) is 12.1 Å². The van der Waals surface area contributed by atoms with Gasteiger partial charge in [-0.3, -0.25) is 4.79 Å². The first-order valence-corrected chi connectivity index (χ1v) is 9.49. The molecule has 1 aliphatic carbocycles. The molecule has 0 bridgehead atoms. The molecule has 0 radical (unpaired) electrons. The van der Waals surface area contributed by atoms with Gasteiger partial charge in [-0.2, -0.15) is 0 Å². The zero-order chi connectivity index (χ0) is 17.1. The Hall–Kier alpha value is -1.75. The van der Waals surface area contributed by atoms with Gasteiger partial charge in [-0.25, -0.2) is 0 Å². The van der Waals surface area contributed by atoms with E-state index in [9.17, 15) is 4.79 Å². The van der Waals surface area contributed by atoms with Crippen LogP contribution in [-0.2, 0) is 19.9 Å². The first-order valence-electron chi connectivity index (χ1n) is 8.68. The van der Waals surface area contributed by atoms with Crippen molar-refractivity contribution in [1.29, 1.82) is 0 Å². The molecule has 24 heavy (non-hydrogen) atoms. The van der Waals surface area contributed by atoms with Crippen molar-refractivity contribution in [1.82, 2.24) is 9.88 Å². The van der Waals surface area contributed by atoms with Crippen LogP contribution < -0.4 is 10.6 Å². The predicted octanol–water partition coefficient (Wildman–Crippen LogP) is 4.09. The van der Waals surface area contributed by atoms with Gasteiger partial charge in [0.15, 0.2) is 0 Å². The van der Waals surface area contributed by atoms with Gasteiger partial charge >= 0.3 is 0 Å². The second-order valence-corrected chi connectivity index (χ2v) is 9.21. The number of aromatic nitrogens is 1. The van der Waals surface area contributed by atoms with Crippen LogP contribution in [0.4, 0.5) is 5.00 Å². The highest BCUT2D eigenvalue weighted by Crippen LogP contribution is 2.45. The van der Waals surface area contributed by atoms with Crippen molar-refractivity contribution in [3.05, 3.63) is 40.0 Å². The van der Waals surface area contributed by atoms with Crippen molar-refractivity contribution >= 4 is 22.2 Å². The maximum Gasteiger partial charge on any atom is 0.256 e. The molecule has 2 N–H and O–H groups in total. The highest BCUT2D eigenvalue weighted by atomic mass is 32.1. The van der Waals surface area contributed by atoms with Gasteiger partial charge in [0.05, 0.1) is 11.3 Å². The maximum absolute atomic E-state index is 12.8. The van der Waals surface area contributed by atoms with Crippen LogP contribution in [0.25, 0.3) is 0 Å². The molecule has 4 rings (SSSR count). The minimum atomic E-state index is -0.150. The molecule has 2 aliphatic rings. The normalized spacial score (nSPS) is 23.2. The van der Waals surface area contributed by atoms with Crippen LogP contribution in [0.1, 0.15) is 59.9 Å². The topological polar surface area (TPSA) is 46.1 Å².